The number of halogens is 2. The molecular formula is C21H20ClFN8O2. The molecule has 3 aromatic heterocycles. The van der Waals surface area contributed by atoms with Gasteiger partial charge in [-0.15, -0.1) is 0 Å². The van der Waals surface area contributed by atoms with E-state index in [1.807, 2.05) is 4.90 Å². The molecule has 1 unspecified atom stereocenters. The molecule has 1 aliphatic heterocycles. The molecule has 1 N–H and O–H groups in total. The van der Waals surface area contributed by atoms with Crippen LogP contribution in [0.3, 0.4) is 0 Å². The Bertz CT molecular complexity index is 1440. The number of ether oxygens (including phenoxy) is 1. The molecule has 0 spiro atoms. The maximum absolute atomic E-state index is 14.9. The number of aromatic amines is 1. The average molecular weight is 471 g/mol. The van der Waals surface area contributed by atoms with E-state index in [1.165, 1.54) is 16.7 Å². The van der Waals surface area contributed by atoms with E-state index in [2.05, 4.69) is 30.1 Å². The number of nitrogens with one attached hydrogen (secondary N) is 1. The number of morpholine rings is 1. The van der Waals surface area contributed by atoms with E-state index in [4.69, 9.17) is 16.3 Å². The first-order valence-electron chi connectivity index (χ1n) is 10.3. The number of H-pyrrole nitrogens is 1. The summed E-state index contributed by atoms with van der Waals surface area (Å²) in [5.74, 6) is 1.38. The van der Waals surface area contributed by atoms with E-state index < -0.39 is 5.82 Å². The van der Waals surface area contributed by atoms with Crippen LogP contribution < -0.4 is 10.5 Å². The monoisotopic (exact) mass is 470 g/mol. The molecule has 12 heteroatoms. The third-order valence-corrected chi connectivity index (χ3v) is 5.83. The van der Waals surface area contributed by atoms with E-state index in [1.54, 1.807) is 27.0 Å². The number of aryl methyl sites for hydroxylation is 2. The molecule has 1 atom stereocenters. The summed E-state index contributed by atoms with van der Waals surface area (Å²) in [5, 5.41) is 7.19. The van der Waals surface area contributed by atoms with E-state index in [-0.39, 0.29) is 44.9 Å². The fourth-order valence-electron chi connectivity index (χ4n) is 3.75. The molecule has 10 nitrogen and oxygen atoms in total. The van der Waals surface area contributed by atoms with Gasteiger partial charge >= 0.3 is 0 Å². The van der Waals surface area contributed by atoms with Crippen molar-refractivity contribution in [2.45, 2.75) is 20.0 Å². The topological polar surface area (TPSA) is 115 Å². The normalized spacial score (nSPS) is 16.5. The number of fused-ring (bicyclic) bond motifs is 1. The van der Waals surface area contributed by atoms with Gasteiger partial charge in [0.1, 0.15) is 34.8 Å². The highest BCUT2D eigenvalue weighted by Gasteiger charge is 2.28. The maximum atomic E-state index is 14.9. The minimum Gasteiger partial charge on any atom is -0.367 e. The van der Waals surface area contributed by atoms with Gasteiger partial charge in [0.2, 0.25) is 5.95 Å². The van der Waals surface area contributed by atoms with Crippen LogP contribution in [0.2, 0.25) is 5.02 Å². The number of nitrogens with zero attached hydrogens (tertiary/aromatic N) is 7. The molecule has 0 radical (unpaired) electrons. The van der Waals surface area contributed by atoms with Crippen molar-refractivity contribution >= 4 is 28.6 Å². The van der Waals surface area contributed by atoms with Crippen LogP contribution in [-0.2, 0) is 11.8 Å². The van der Waals surface area contributed by atoms with Gasteiger partial charge < -0.3 is 9.64 Å². The highest BCUT2D eigenvalue weighted by atomic mass is 35.5. The van der Waals surface area contributed by atoms with Crippen LogP contribution in [0.1, 0.15) is 23.6 Å². The molecule has 1 fully saturated rings. The number of hydrogen-bond acceptors (Lipinski definition) is 8. The zero-order valence-corrected chi connectivity index (χ0v) is 18.9. The first kappa shape index (κ1) is 21.4. The van der Waals surface area contributed by atoms with Crippen molar-refractivity contribution in [1.29, 1.82) is 0 Å². The third-order valence-electron chi connectivity index (χ3n) is 5.59. The molecule has 33 heavy (non-hydrogen) atoms. The SMILES string of the molecule is Cc1n[nH]c(C2CN(c3nc(-c4ccc(Cl)cc4F)c4nc(C)n(C)c(=O)c4n3)CCO2)n1. The molecule has 4 aromatic rings. The number of benzene rings is 1. The van der Waals surface area contributed by atoms with Crippen LogP contribution in [0, 0.1) is 19.7 Å². The van der Waals surface area contributed by atoms with Crippen LogP contribution in [0.4, 0.5) is 10.3 Å². The summed E-state index contributed by atoms with van der Waals surface area (Å²) < 4.78 is 22.1. The molecule has 0 bridgehead atoms. The van der Waals surface area contributed by atoms with Crippen LogP contribution in [0.25, 0.3) is 22.3 Å². The molecule has 170 valence electrons. The van der Waals surface area contributed by atoms with Crippen LogP contribution in [-0.4, -0.2) is 54.4 Å². The number of aromatic nitrogens is 7. The summed E-state index contributed by atoms with van der Waals surface area (Å²) in [5.41, 5.74) is 0.409. The van der Waals surface area contributed by atoms with Gasteiger partial charge in [-0.05, 0) is 32.0 Å². The minimum atomic E-state index is -0.564. The molecule has 0 aliphatic carbocycles. The molecule has 1 aromatic carbocycles. The van der Waals surface area contributed by atoms with Crippen molar-refractivity contribution in [3.05, 3.63) is 56.9 Å². The molecule has 1 saturated heterocycles. The van der Waals surface area contributed by atoms with Crippen molar-refractivity contribution < 1.29 is 9.13 Å². The first-order valence-corrected chi connectivity index (χ1v) is 10.7. The molecule has 0 saturated carbocycles. The summed E-state index contributed by atoms with van der Waals surface area (Å²) in [7, 11) is 1.62. The second-order valence-electron chi connectivity index (χ2n) is 7.79. The molecule has 5 rings (SSSR count). The van der Waals surface area contributed by atoms with Gasteiger partial charge in [-0.1, -0.05) is 11.6 Å². The lowest BCUT2D eigenvalue weighted by molar-refractivity contribution is 0.0337. The van der Waals surface area contributed by atoms with Gasteiger partial charge in [-0.3, -0.25) is 14.5 Å². The van der Waals surface area contributed by atoms with Crippen LogP contribution in [0.5, 0.6) is 0 Å². The van der Waals surface area contributed by atoms with Crippen molar-refractivity contribution in [3.63, 3.8) is 0 Å². The van der Waals surface area contributed by atoms with Gasteiger partial charge in [0, 0.05) is 24.2 Å². The van der Waals surface area contributed by atoms with Crippen molar-refractivity contribution in [3.8, 4) is 11.3 Å². The van der Waals surface area contributed by atoms with Gasteiger partial charge in [-0.25, -0.2) is 24.3 Å². The Kier molecular flexibility index (Phi) is 5.29. The van der Waals surface area contributed by atoms with E-state index in [0.29, 0.717) is 37.2 Å². The van der Waals surface area contributed by atoms with Crippen LogP contribution >= 0.6 is 11.6 Å². The molecule has 1 aliphatic rings. The van der Waals surface area contributed by atoms with Gasteiger partial charge in [0.25, 0.3) is 5.56 Å². The molecular weight excluding hydrogens is 451 g/mol. The van der Waals surface area contributed by atoms with Crippen LogP contribution in [0.15, 0.2) is 23.0 Å². The number of hydrogen-bond donors (Lipinski definition) is 1. The van der Waals surface area contributed by atoms with E-state index in [9.17, 15) is 9.18 Å². The average Bonchev–Trinajstić information content (AvgIpc) is 3.24. The molecule has 4 heterocycles. The summed E-state index contributed by atoms with van der Waals surface area (Å²) in [6.07, 6.45) is -0.381. The summed E-state index contributed by atoms with van der Waals surface area (Å²) >= 11 is 5.95. The Morgan fingerprint density at radius 3 is 2.73 bits per heavy atom. The quantitative estimate of drug-likeness (QED) is 0.485. The van der Waals surface area contributed by atoms with Crippen molar-refractivity contribution in [1.82, 2.24) is 34.7 Å². The lowest BCUT2D eigenvalue weighted by Crippen LogP contribution is -2.40. The maximum Gasteiger partial charge on any atom is 0.279 e. The highest BCUT2D eigenvalue weighted by Crippen LogP contribution is 2.31. The Balaban J connectivity index is 1.67. The van der Waals surface area contributed by atoms with Crippen molar-refractivity contribution in [2.75, 3.05) is 24.6 Å². The zero-order valence-electron chi connectivity index (χ0n) is 18.1. The van der Waals surface area contributed by atoms with E-state index >= 15 is 0 Å². The lowest BCUT2D eigenvalue weighted by atomic mass is 10.1. The zero-order chi connectivity index (χ0) is 23.3. The summed E-state index contributed by atoms with van der Waals surface area (Å²) in [6.45, 7) is 4.73. The Morgan fingerprint density at radius 1 is 1.18 bits per heavy atom. The predicted octanol–water partition coefficient (Wildman–Crippen LogP) is 2.50. The predicted molar refractivity (Wildman–Crippen MR) is 120 cm³/mol. The van der Waals surface area contributed by atoms with Gasteiger partial charge in [0.05, 0.1) is 13.2 Å². The van der Waals surface area contributed by atoms with Gasteiger partial charge in [-0.2, -0.15) is 5.10 Å². The largest absolute Gasteiger partial charge is 0.367 e. The highest BCUT2D eigenvalue weighted by molar-refractivity contribution is 6.30. The third kappa shape index (κ3) is 3.83. The van der Waals surface area contributed by atoms with E-state index in [0.717, 1.165) is 0 Å². The van der Waals surface area contributed by atoms with Gasteiger partial charge in [0.15, 0.2) is 11.3 Å². The lowest BCUT2D eigenvalue weighted by Gasteiger charge is -2.32. The second kappa shape index (κ2) is 8.16. The standard InChI is InChI=1S/C21H20ClFN8O2/c1-10-24-19(29-28-10)15-9-31(6-7-33-15)21-26-16(13-5-4-12(22)8-14(13)23)17-18(27-21)20(32)30(3)11(2)25-17/h4-5,8,15H,6-7,9H2,1-3H3,(H,24,28,29). The number of rotatable bonds is 3. The Morgan fingerprint density at radius 2 is 2.00 bits per heavy atom. The van der Waals surface area contributed by atoms with Crippen molar-refractivity contribution in [2.24, 2.45) is 7.05 Å². The first-order chi connectivity index (χ1) is 15.8. The summed E-state index contributed by atoms with van der Waals surface area (Å²) in [6, 6.07) is 4.30. The Hall–Kier alpha value is -3.44. The second-order valence-corrected chi connectivity index (χ2v) is 8.23. The molecule has 0 amide bonds. The Labute approximate surface area is 192 Å². The fraction of sp³-hybridized carbons (Fsp3) is 0.333. The number of anilines is 1. The smallest absolute Gasteiger partial charge is 0.279 e. The fourth-order valence-corrected chi connectivity index (χ4v) is 3.91. The summed E-state index contributed by atoms with van der Waals surface area (Å²) in [4.78, 5) is 33.0. The minimum absolute atomic E-state index is 0.107.